The molecule has 0 spiro atoms. The predicted octanol–water partition coefficient (Wildman–Crippen LogP) is 1.84. The van der Waals surface area contributed by atoms with Gasteiger partial charge in [0.15, 0.2) is 6.79 Å². The van der Waals surface area contributed by atoms with Crippen molar-refractivity contribution in [2.45, 2.75) is 6.42 Å². The second-order valence-electron chi connectivity index (χ2n) is 4.08. The molecule has 2 aromatic rings. The summed E-state index contributed by atoms with van der Waals surface area (Å²) in [4.78, 5) is 4.20. The van der Waals surface area contributed by atoms with Gasteiger partial charge in [-0.15, -0.1) is 0 Å². The monoisotopic (exact) mass is 259 g/mol. The van der Waals surface area contributed by atoms with Crippen molar-refractivity contribution in [2.75, 3.05) is 24.9 Å². The molecule has 0 aliphatic heterocycles. The van der Waals surface area contributed by atoms with Crippen molar-refractivity contribution in [3.63, 3.8) is 0 Å². The van der Waals surface area contributed by atoms with E-state index in [0.29, 0.717) is 23.7 Å². The van der Waals surface area contributed by atoms with Gasteiger partial charge in [0.1, 0.15) is 5.75 Å². The van der Waals surface area contributed by atoms with E-state index in [1.807, 2.05) is 18.2 Å². The van der Waals surface area contributed by atoms with Crippen LogP contribution in [0.1, 0.15) is 5.69 Å². The van der Waals surface area contributed by atoms with Crippen molar-refractivity contribution in [3.05, 3.63) is 48.3 Å². The van der Waals surface area contributed by atoms with Crippen molar-refractivity contribution in [3.8, 4) is 5.75 Å². The third-order valence-corrected chi connectivity index (χ3v) is 2.49. The maximum absolute atomic E-state index is 5.66. The van der Waals surface area contributed by atoms with Crippen molar-refractivity contribution < 1.29 is 9.47 Å². The molecule has 0 fully saturated rings. The summed E-state index contributed by atoms with van der Waals surface area (Å²) < 4.78 is 10.8. The predicted molar refractivity (Wildman–Crippen MR) is 74.7 cm³/mol. The highest BCUT2D eigenvalue weighted by Gasteiger charge is 1.98. The molecule has 0 radical (unpaired) electrons. The minimum atomic E-state index is 0.162. The summed E-state index contributed by atoms with van der Waals surface area (Å²) in [7, 11) is 0. The highest BCUT2D eigenvalue weighted by Crippen LogP contribution is 2.20. The van der Waals surface area contributed by atoms with E-state index in [0.717, 1.165) is 12.1 Å². The van der Waals surface area contributed by atoms with E-state index in [1.165, 1.54) is 0 Å². The fraction of sp³-hybridized carbons (Fsp3) is 0.214. The molecule has 2 rings (SSSR count). The maximum atomic E-state index is 5.66. The van der Waals surface area contributed by atoms with E-state index >= 15 is 0 Å². The van der Waals surface area contributed by atoms with Crippen LogP contribution in [0.2, 0.25) is 0 Å². The molecule has 0 amide bonds. The quantitative estimate of drug-likeness (QED) is 0.470. The first kappa shape index (κ1) is 13.2. The lowest BCUT2D eigenvalue weighted by Crippen LogP contribution is -2.07. The second-order valence-corrected chi connectivity index (χ2v) is 4.08. The SMILES string of the molecule is Nc1cc(N)cc(OCOCCc2ccccn2)c1. The van der Waals surface area contributed by atoms with Crippen LogP contribution < -0.4 is 16.2 Å². The molecule has 5 nitrogen and oxygen atoms in total. The molecule has 0 saturated carbocycles. The lowest BCUT2D eigenvalue weighted by molar-refractivity contribution is 0.0167. The number of nitrogens with two attached hydrogens (primary N) is 2. The van der Waals surface area contributed by atoms with Crippen LogP contribution in [0.4, 0.5) is 11.4 Å². The Bertz CT molecular complexity index is 497. The van der Waals surface area contributed by atoms with Crippen LogP contribution in [0.5, 0.6) is 5.75 Å². The van der Waals surface area contributed by atoms with E-state index in [-0.39, 0.29) is 6.79 Å². The number of rotatable bonds is 6. The number of nitrogens with zero attached hydrogens (tertiary/aromatic N) is 1. The number of anilines is 2. The summed E-state index contributed by atoms with van der Waals surface area (Å²) >= 11 is 0. The average molecular weight is 259 g/mol. The van der Waals surface area contributed by atoms with Crippen molar-refractivity contribution >= 4 is 11.4 Å². The first-order valence-electron chi connectivity index (χ1n) is 6.00. The zero-order chi connectivity index (χ0) is 13.5. The number of hydrogen-bond acceptors (Lipinski definition) is 5. The van der Waals surface area contributed by atoms with Crippen LogP contribution >= 0.6 is 0 Å². The standard InChI is InChI=1S/C14H17N3O2/c15-11-7-12(16)9-14(8-11)19-10-18-6-4-13-3-1-2-5-17-13/h1-3,5,7-9H,4,6,10,15-16H2. The van der Waals surface area contributed by atoms with Crippen LogP contribution in [0, 0.1) is 0 Å². The van der Waals surface area contributed by atoms with Crippen LogP contribution in [0.15, 0.2) is 42.6 Å². The fourth-order valence-corrected chi connectivity index (χ4v) is 1.62. The topological polar surface area (TPSA) is 83.4 Å². The van der Waals surface area contributed by atoms with Gasteiger partial charge in [-0.05, 0) is 18.2 Å². The first-order chi connectivity index (χ1) is 9.24. The molecule has 0 unspecified atom stereocenters. The Kier molecular flexibility index (Phi) is 4.58. The number of aromatic nitrogens is 1. The van der Waals surface area contributed by atoms with Gasteiger partial charge < -0.3 is 20.9 Å². The third-order valence-electron chi connectivity index (χ3n) is 2.49. The Morgan fingerprint density at radius 1 is 1.05 bits per heavy atom. The van der Waals surface area contributed by atoms with E-state index in [2.05, 4.69) is 4.98 Å². The number of nitrogen functional groups attached to an aromatic ring is 2. The Morgan fingerprint density at radius 3 is 2.53 bits per heavy atom. The molecule has 4 N–H and O–H groups in total. The summed E-state index contributed by atoms with van der Waals surface area (Å²) in [6, 6.07) is 10.9. The number of ether oxygens (including phenoxy) is 2. The van der Waals surface area contributed by atoms with Gasteiger partial charge in [0.2, 0.25) is 0 Å². The minimum Gasteiger partial charge on any atom is -0.467 e. The summed E-state index contributed by atoms with van der Waals surface area (Å²) in [6.07, 6.45) is 2.52. The second kappa shape index (κ2) is 6.61. The summed E-state index contributed by atoms with van der Waals surface area (Å²) in [5.74, 6) is 0.607. The van der Waals surface area contributed by atoms with Gasteiger partial charge in [0.05, 0.1) is 6.61 Å². The molecule has 19 heavy (non-hydrogen) atoms. The van der Waals surface area contributed by atoms with Gasteiger partial charge in [-0.25, -0.2) is 0 Å². The molecule has 5 heteroatoms. The van der Waals surface area contributed by atoms with Crippen LogP contribution in [-0.4, -0.2) is 18.4 Å². The molecule has 0 aliphatic carbocycles. The van der Waals surface area contributed by atoms with Crippen LogP contribution in [0.25, 0.3) is 0 Å². The van der Waals surface area contributed by atoms with E-state index < -0.39 is 0 Å². The Balaban J connectivity index is 1.69. The highest BCUT2D eigenvalue weighted by molar-refractivity contribution is 5.56. The number of pyridine rings is 1. The van der Waals surface area contributed by atoms with Gasteiger partial charge in [-0.3, -0.25) is 4.98 Å². The Hall–Kier alpha value is -2.27. The van der Waals surface area contributed by atoms with Gasteiger partial charge >= 0.3 is 0 Å². The largest absolute Gasteiger partial charge is 0.467 e. The lowest BCUT2D eigenvalue weighted by Gasteiger charge is -2.08. The molecule has 100 valence electrons. The summed E-state index contributed by atoms with van der Waals surface area (Å²) in [5.41, 5.74) is 13.5. The average Bonchev–Trinajstić information content (AvgIpc) is 2.38. The molecule has 0 aliphatic rings. The van der Waals surface area contributed by atoms with Gasteiger partial charge in [-0.1, -0.05) is 6.07 Å². The zero-order valence-corrected chi connectivity index (χ0v) is 10.6. The molecule has 0 saturated heterocycles. The Labute approximate surface area is 112 Å². The molecular formula is C14H17N3O2. The zero-order valence-electron chi connectivity index (χ0n) is 10.6. The van der Waals surface area contributed by atoms with Crippen molar-refractivity contribution in [1.82, 2.24) is 4.98 Å². The highest BCUT2D eigenvalue weighted by atomic mass is 16.7. The fourth-order valence-electron chi connectivity index (χ4n) is 1.62. The van der Waals surface area contributed by atoms with E-state index in [9.17, 15) is 0 Å². The van der Waals surface area contributed by atoms with E-state index in [4.69, 9.17) is 20.9 Å². The molecule has 0 bridgehead atoms. The van der Waals surface area contributed by atoms with E-state index in [1.54, 1.807) is 24.4 Å². The first-order valence-corrected chi connectivity index (χ1v) is 6.00. The summed E-state index contributed by atoms with van der Waals surface area (Å²) in [5, 5.41) is 0. The van der Waals surface area contributed by atoms with Gasteiger partial charge in [0, 0.05) is 41.8 Å². The van der Waals surface area contributed by atoms with Crippen molar-refractivity contribution in [2.24, 2.45) is 0 Å². The summed E-state index contributed by atoms with van der Waals surface area (Å²) in [6.45, 7) is 0.713. The third kappa shape index (κ3) is 4.48. The van der Waals surface area contributed by atoms with Gasteiger partial charge in [0.25, 0.3) is 0 Å². The smallest absolute Gasteiger partial charge is 0.189 e. The normalized spacial score (nSPS) is 10.3. The molecule has 0 atom stereocenters. The molecule has 1 aromatic heterocycles. The Morgan fingerprint density at radius 2 is 1.84 bits per heavy atom. The lowest BCUT2D eigenvalue weighted by atomic mass is 10.3. The molecular weight excluding hydrogens is 242 g/mol. The number of hydrogen-bond donors (Lipinski definition) is 2. The maximum Gasteiger partial charge on any atom is 0.189 e. The number of benzene rings is 1. The minimum absolute atomic E-state index is 0.162. The molecule has 1 heterocycles. The van der Waals surface area contributed by atoms with Crippen LogP contribution in [-0.2, 0) is 11.2 Å². The molecule has 1 aromatic carbocycles. The van der Waals surface area contributed by atoms with Crippen molar-refractivity contribution in [1.29, 1.82) is 0 Å². The van der Waals surface area contributed by atoms with Crippen LogP contribution in [0.3, 0.4) is 0 Å². The van der Waals surface area contributed by atoms with Gasteiger partial charge in [-0.2, -0.15) is 0 Å².